The maximum Gasteiger partial charge on any atom is 0.390 e. The van der Waals surface area contributed by atoms with Crippen molar-refractivity contribution in [2.24, 2.45) is 0 Å². The number of nitrogens with one attached hydrogen (secondary N) is 1. The van der Waals surface area contributed by atoms with Crippen molar-refractivity contribution in [2.75, 3.05) is 6.54 Å². The zero-order valence-electron chi connectivity index (χ0n) is 9.61. The molecule has 108 valence electrons. The zero-order valence-corrected chi connectivity index (χ0v) is 10.4. The van der Waals surface area contributed by atoms with E-state index in [-0.39, 0.29) is 29.4 Å². The summed E-state index contributed by atoms with van der Waals surface area (Å²) >= 11 is 5.69. The Morgan fingerprint density at radius 2 is 1.95 bits per heavy atom. The van der Waals surface area contributed by atoms with Gasteiger partial charge in [-0.15, -0.1) is 0 Å². The van der Waals surface area contributed by atoms with E-state index in [9.17, 15) is 22.0 Å². The highest BCUT2D eigenvalue weighted by molar-refractivity contribution is 6.30. The molecule has 0 fully saturated rings. The van der Waals surface area contributed by atoms with Gasteiger partial charge in [-0.05, 0) is 18.2 Å². The molecule has 8 heteroatoms. The summed E-state index contributed by atoms with van der Waals surface area (Å²) in [6.07, 6.45) is -5.26. The SMILES string of the molecule is FC(F)Oc1ccc(Cl)cc1CNCCC(F)(F)F. The van der Waals surface area contributed by atoms with E-state index in [1.165, 1.54) is 18.2 Å². The molecular formula is C11H11ClF5NO. The molecule has 0 saturated carbocycles. The van der Waals surface area contributed by atoms with Crippen LogP contribution in [0.3, 0.4) is 0 Å². The van der Waals surface area contributed by atoms with Gasteiger partial charge in [-0.2, -0.15) is 22.0 Å². The molecule has 0 aliphatic carbocycles. The van der Waals surface area contributed by atoms with E-state index in [0.29, 0.717) is 0 Å². The quantitative estimate of drug-likeness (QED) is 0.634. The number of alkyl halides is 5. The second-order valence-electron chi connectivity index (χ2n) is 3.67. The predicted octanol–water partition coefficient (Wildman–Crippen LogP) is 3.98. The average Bonchev–Trinajstić information content (AvgIpc) is 2.26. The second-order valence-corrected chi connectivity index (χ2v) is 4.11. The van der Waals surface area contributed by atoms with Crippen LogP contribution < -0.4 is 10.1 Å². The Labute approximate surface area is 111 Å². The lowest BCUT2D eigenvalue weighted by molar-refractivity contribution is -0.133. The van der Waals surface area contributed by atoms with Crippen LogP contribution >= 0.6 is 11.6 Å². The fourth-order valence-electron chi connectivity index (χ4n) is 1.35. The van der Waals surface area contributed by atoms with Gasteiger partial charge in [-0.1, -0.05) is 11.6 Å². The van der Waals surface area contributed by atoms with Crippen LogP contribution in [0.4, 0.5) is 22.0 Å². The number of rotatable bonds is 6. The summed E-state index contributed by atoms with van der Waals surface area (Å²) in [4.78, 5) is 0. The predicted molar refractivity (Wildman–Crippen MR) is 60.5 cm³/mol. The van der Waals surface area contributed by atoms with Gasteiger partial charge in [-0.25, -0.2) is 0 Å². The van der Waals surface area contributed by atoms with E-state index < -0.39 is 19.2 Å². The molecule has 0 bridgehead atoms. The fourth-order valence-corrected chi connectivity index (χ4v) is 1.55. The topological polar surface area (TPSA) is 21.3 Å². The third-order valence-electron chi connectivity index (χ3n) is 2.14. The Morgan fingerprint density at radius 1 is 1.26 bits per heavy atom. The van der Waals surface area contributed by atoms with Crippen molar-refractivity contribution >= 4 is 11.6 Å². The molecular weight excluding hydrogens is 293 g/mol. The van der Waals surface area contributed by atoms with Gasteiger partial charge in [-0.3, -0.25) is 0 Å². The van der Waals surface area contributed by atoms with Crippen molar-refractivity contribution in [3.8, 4) is 5.75 Å². The minimum atomic E-state index is -4.26. The van der Waals surface area contributed by atoms with E-state index in [1.807, 2.05) is 0 Å². The van der Waals surface area contributed by atoms with Crippen LogP contribution in [-0.4, -0.2) is 19.3 Å². The smallest absolute Gasteiger partial charge is 0.390 e. The number of ether oxygens (including phenoxy) is 1. The minimum Gasteiger partial charge on any atom is -0.434 e. The Balaban J connectivity index is 2.58. The van der Waals surface area contributed by atoms with Crippen LogP contribution in [-0.2, 0) is 6.54 Å². The Bertz CT molecular complexity index is 411. The van der Waals surface area contributed by atoms with Gasteiger partial charge < -0.3 is 10.1 Å². The summed E-state index contributed by atoms with van der Waals surface area (Å²) in [6.45, 7) is -3.36. The molecule has 0 atom stereocenters. The second kappa shape index (κ2) is 6.91. The molecule has 2 nitrogen and oxygen atoms in total. The molecule has 0 amide bonds. The molecule has 19 heavy (non-hydrogen) atoms. The summed E-state index contributed by atoms with van der Waals surface area (Å²) in [5.74, 6) is -0.112. The molecule has 0 saturated heterocycles. The van der Waals surface area contributed by atoms with Gasteiger partial charge >= 0.3 is 12.8 Å². The van der Waals surface area contributed by atoms with Gasteiger partial charge in [0.15, 0.2) is 0 Å². The first kappa shape index (κ1) is 16.0. The van der Waals surface area contributed by atoms with Crippen LogP contribution in [0, 0.1) is 0 Å². The summed E-state index contributed by atoms with van der Waals surface area (Å²) < 4.78 is 64.2. The molecule has 1 N–H and O–H groups in total. The van der Waals surface area contributed by atoms with Crippen LogP contribution in [0.25, 0.3) is 0 Å². The lowest BCUT2D eigenvalue weighted by Crippen LogP contribution is -2.21. The Kier molecular flexibility index (Phi) is 5.81. The average molecular weight is 304 g/mol. The van der Waals surface area contributed by atoms with Crippen LogP contribution in [0.5, 0.6) is 5.75 Å². The van der Waals surface area contributed by atoms with E-state index in [1.54, 1.807) is 0 Å². The van der Waals surface area contributed by atoms with Crippen molar-refractivity contribution in [1.82, 2.24) is 5.32 Å². The maximum absolute atomic E-state index is 12.1. The monoisotopic (exact) mass is 303 g/mol. The molecule has 0 heterocycles. The van der Waals surface area contributed by atoms with Gasteiger partial charge in [0.1, 0.15) is 5.75 Å². The highest BCUT2D eigenvalue weighted by Gasteiger charge is 2.26. The third-order valence-corrected chi connectivity index (χ3v) is 2.37. The van der Waals surface area contributed by atoms with Gasteiger partial charge in [0.05, 0.1) is 6.42 Å². The molecule has 0 spiro atoms. The summed E-state index contributed by atoms with van der Waals surface area (Å²) in [6, 6.07) is 3.97. The number of benzene rings is 1. The van der Waals surface area contributed by atoms with Crippen molar-refractivity contribution in [3.63, 3.8) is 0 Å². The fraction of sp³-hybridized carbons (Fsp3) is 0.455. The molecule has 0 aliphatic rings. The zero-order chi connectivity index (χ0) is 14.5. The first-order valence-electron chi connectivity index (χ1n) is 5.28. The minimum absolute atomic E-state index is 0.0430. The summed E-state index contributed by atoms with van der Waals surface area (Å²) in [5, 5.41) is 2.78. The first-order chi connectivity index (χ1) is 8.78. The first-order valence-corrected chi connectivity index (χ1v) is 5.66. The van der Waals surface area contributed by atoms with Crippen LogP contribution in [0.1, 0.15) is 12.0 Å². The normalized spacial score (nSPS) is 11.9. The molecule has 1 aromatic carbocycles. The number of halogens is 6. The lowest BCUT2D eigenvalue weighted by atomic mass is 10.2. The van der Waals surface area contributed by atoms with Crippen molar-refractivity contribution in [2.45, 2.75) is 25.8 Å². The molecule has 0 unspecified atom stereocenters. The summed E-state index contributed by atoms with van der Waals surface area (Å²) in [5.41, 5.74) is 0.273. The van der Waals surface area contributed by atoms with Crippen LogP contribution in [0.15, 0.2) is 18.2 Å². The Hall–Kier alpha value is -1.08. The van der Waals surface area contributed by atoms with Crippen molar-refractivity contribution < 1.29 is 26.7 Å². The largest absolute Gasteiger partial charge is 0.434 e. The van der Waals surface area contributed by atoms with E-state index >= 15 is 0 Å². The van der Waals surface area contributed by atoms with Crippen LogP contribution in [0.2, 0.25) is 5.02 Å². The van der Waals surface area contributed by atoms with E-state index in [4.69, 9.17) is 11.6 Å². The maximum atomic E-state index is 12.1. The van der Waals surface area contributed by atoms with Gasteiger partial charge in [0.25, 0.3) is 0 Å². The van der Waals surface area contributed by atoms with E-state index in [2.05, 4.69) is 10.1 Å². The Morgan fingerprint density at radius 3 is 2.53 bits per heavy atom. The standard InChI is InChI=1S/C11H11ClF5NO/c12-8-1-2-9(19-10(13)14)7(5-8)6-18-4-3-11(15,16)17/h1-2,5,10,18H,3-4,6H2. The van der Waals surface area contributed by atoms with Crippen molar-refractivity contribution in [1.29, 1.82) is 0 Å². The molecule has 1 rings (SSSR count). The molecule has 0 radical (unpaired) electrons. The van der Waals surface area contributed by atoms with Gasteiger partial charge in [0.2, 0.25) is 0 Å². The molecule has 0 aromatic heterocycles. The summed E-state index contributed by atoms with van der Waals surface area (Å²) in [7, 11) is 0. The molecule has 0 aliphatic heterocycles. The highest BCUT2D eigenvalue weighted by Crippen LogP contribution is 2.24. The molecule has 1 aromatic rings. The van der Waals surface area contributed by atoms with Gasteiger partial charge in [0, 0.05) is 23.7 Å². The van der Waals surface area contributed by atoms with Crippen molar-refractivity contribution in [3.05, 3.63) is 28.8 Å². The highest BCUT2D eigenvalue weighted by atomic mass is 35.5. The van der Waals surface area contributed by atoms with E-state index in [0.717, 1.165) is 0 Å². The number of hydrogen-bond acceptors (Lipinski definition) is 2. The third kappa shape index (κ3) is 6.58. The lowest BCUT2D eigenvalue weighted by Gasteiger charge is -2.12. The number of hydrogen-bond donors (Lipinski definition) is 1.